The molecule has 1 heterocycles. The average molecular weight is 206 g/mol. The Kier molecular flexibility index (Phi) is 2.65. The lowest BCUT2D eigenvalue weighted by atomic mass is 9.82. The second-order valence-electron chi connectivity index (χ2n) is 4.68. The van der Waals surface area contributed by atoms with Crippen LogP contribution in [0.4, 0.5) is 0 Å². The largest absolute Gasteiger partial charge is 0.495 e. The number of nitrogens with zero attached hydrogens (tertiary/aromatic N) is 1. The van der Waals surface area contributed by atoms with Gasteiger partial charge >= 0.3 is 0 Å². The van der Waals surface area contributed by atoms with Crippen molar-refractivity contribution < 1.29 is 4.74 Å². The van der Waals surface area contributed by atoms with Gasteiger partial charge in [0.05, 0.1) is 13.3 Å². The van der Waals surface area contributed by atoms with E-state index in [2.05, 4.69) is 18.0 Å². The molecule has 15 heavy (non-hydrogen) atoms. The van der Waals surface area contributed by atoms with Crippen LogP contribution in [0.2, 0.25) is 0 Å². The summed E-state index contributed by atoms with van der Waals surface area (Å²) in [6.07, 6.45) is 6.96. The maximum atomic E-state index is 5.97. The maximum Gasteiger partial charge on any atom is 0.137 e. The molecule has 1 fully saturated rings. The first kappa shape index (κ1) is 10.4. The molecule has 3 nitrogen and oxygen atoms in total. The van der Waals surface area contributed by atoms with Gasteiger partial charge in [-0.15, -0.1) is 0 Å². The third kappa shape index (κ3) is 1.97. The van der Waals surface area contributed by atoms with E-state index in [0.29, 0.717) is 6.04 Å². The summed E-state index contributed by atoms with van der Waals surface area (Å²) in [4.78, 5) is 4.20. The van der Waals surface area contributed by atoms with Gasteiger partial charge in [0.2, 0.25) is 0 Å². The topological polar surface area (TPSA) is 48.1 Å². The number of methoxy groups -OCH3 is 1. The van der Waals surface area contributed by atoms with Crippen molar-refractivity contribution in [2.45, 2.75) is 37.6 Å². The first-order valence-corrected chi connectivity index (χ1v) is 5.39. The SMILES string of the molecule is COc1cncc(C2(C)CCC(N)C2)c1. The van der Waals surface area contributed by atoms with Crippen LogP contribution < -0.4 is 10.5 Å². The summed E-state index contributed by atoms with van der Waals surface area (Å²) < 4.78 is 5.19. The van der Waals surface area contributed by atoms with E-state index < -0.39 is 0 Å². The molecule has 0 aliphatic heterocycles. The van der Waals surface area contributed by atoms with Crippen LogP contribution in [0.3, 0.4) is 0 Å². The van der Waals surface area contributed by atoms with Crippen molar-refractivity contribution in [2.24, 2.45) is 5.73 Å². The zero-order chi connectivity index (χ0) is 10.9. The van der Waals surface area contributed by atoms with Gasteiger partial charge < -0.3 is 10.5 Å². The summed E-state index contributed by atoms with van der Waals surface area (Å²) in [5, 5.41) is 0. The molecule has 1 aliphatic rings. The van der Waals surface area contributed by atoms with E-state index in [9.17, 15) is 0 Å². The molecule has 0 saturated heterocycles. The molecule has 2 rings (SSSR count). The number of pyridine rings is 1. The molecule has 0 aromatic carbocycles. The zero-order valence-electron chi connectivity index (χ0n) is 9.36. The number of rotatable bonds is 2. The van der Waals surface area contributed by atoms with E-state index in [-0.39, 0.29) is 5.41 Å². The molecule has 0 spiro atoms. The van der Waals surface area contributed by atoms with Crippen molar-refractivity contribution in [3.05, 3.63) is 24.0 Å². The van der Waals surface area contributed by atoms with Crippen LogP contribution in [0, 0.1) is 0 Å². The summed E-state index contributed by atoms with van der Waals surface area (Å²) in [6, 6.07) is 2.41. The van der Waals surface area contributed by atoms with E-state index in [1.807, 2.05) is 6.20 Å². The third-order valence-corrected chi connectivity index (χ3v) is 3.43. The molecule has 1 aromatic heterocycles. The Morgan fingerprint density at radius 3 is 2.93 bits per heavy atom. The predicted molar refractivity (Wildman–Crippen MR) is 60.0 cm³/mol. The molecule has 2 N–H and O–H groups in total. The van der Waals surface area contributed by atoms with Gasteiger partial charge in [-0.1, -0.05) is 6.92 Å². The van der Waals surface area contributed by atoms with Gasteiger partial charge in [-0.25, -0.2) is 0 Å². The highest BCUT2D eigenvalue weighted by Crippen LogP contribution is 2.40. The van der Waals surface area contributed by atoms with E-state index in [1.54, 1.807) is 13.3 Å². The van der Waals surface area contributed by atoms with Crippen molar-refractivity contribution in [1.82, 2.24) is 4.98 Å². The molecule has 1 aromatic rings. The van der Waals surface area contributed by atoms with Crippen LogP contribution in [0.1, 0.15) is 31.7 Å². The number of hydrogen-bond donors (Lipinski definition) is 1. The number of hydrogen-bond acceptors (Lipinski definition) is 3. The molecule has 0 radical (unpaired) electrons. The van der Waals surface area contributed by atoms with Gasteiger partial charge in [0.15, 0.2) is 0 Å². The van der Waals surface area contributed by atoms with Crippen LogP contribution in [0.5, 0.6) is 5.75 Å². The standard InChI is InChI=1S/C12H18N2O/c1-12(4-3-10(13)6-12)9-5-11(15-2)8-14-7-9/h5,7-8,10H,3-4,6,13H2,1-2H3. The van der Waals surface area contributed by atoms with E-state index in [1.165, 1.54) is 5.56 Å². The van der Waals surface area contributed by atoms with Crippen LogP contribution in [-0.4, -0.2) is 18.1 Å². The summed E-state index contributed by atoms with van der Waals surface area (Å²) in [6.45, 7) is 2.26. The lowest BCUT2D eigenvalue weighted by Gasteiger charge is -2.24. The first-order valence-electron chi connectivity index (χ1n) is 5.39. The maximum absolute atomic E-state index is 5.97. The van der Waals surface area contributed by atoms with Gasteiger partial charge in [0.1, 0.15) is 5.75 Å². The predicted octanol–water partition coefficient (Wildman–Crippen LogP) is 1.86. The fourth-order valence-electron chi connectivity index (χ4n) is 2.41. The normalized spacial score (nSPS) is 30.5. The molecule has 82 valence electrons. The van der Waals surface area contributed by atoms with Crippen molar-refractivity contribution in [1.29, 1.82) is 0 Å². The van der Waals surface area contributed by atoms with Gasteiger partial charge in [0, 0.05) is 12.2 Å². The van der Waals surface area contributed by atoms with Crippen molar-refractivity contribution in [2.75, 3.05) is 7.11 Å². The quantitative estimate of drug-likeness (QED) is 0.803. The van der Waals surface area contributed by atoms with Crippen LogP contribution in [0.25, 0.3) is 0 Å². The molecular weight excluding hydrogens is 188 g/mol. The molecule has 0 bridgehead atoms. The zero-order valence-corrected chi connectivity index (χ0v) is 9.36. The molecule has 2 atom stereocenters. The molecule has 3 heteroatoms. The minimum absolute atomic E-state index is 0.182. The second-order valence-corrected chi connectivity index (χ2v) is 4.68. The monoisotopic (exact) mass is 206 g/mol. The number of ether oxygens (including phenoxy) is 1. The lowest BCUT2D eigenvalue weighted by molar-refractivity contribution is 0.407. The highest BCUT2D eigenvalue weighted by atomic mass is 16.5. The molecule has 0 amide bonds. The summed E-state index contributed by atoms with van der Waals surface area (Å²) in [7, 11) is 1.67. The van der Waals surface area contributed by atoms with E-state index in [4.69, 9.17) is 10.5 Å². The Bertz CT molecular complexity index is 353. The summed E-state index contributed by atoms with van der Waals surface area (Å²) in [5.41, 5.74) is 7.39. The lowest BCUT2D eigenvalue weighted by Crippen LogP contribution is -2.22. The summed E-state index contributed by atoms with van der Waals surface area (Å²) >= 11 is 0. The van der Waals surface area contributed by atoms with Crippen LogP contribution >= 0.6 is 0 Å². The van der Waals surface area contributed by atoms with E-state index >= 15 is 0 Å². The fraction of sp³-hybridized carbons (Fsp3) is 0.583. The van der Waals surface area contributed by atoms with Gasteiger partial charge in [-0.3, -0.25) is 4.98 Å². The molecule has 2 unspecified atom stereocenters. The number of aromatic nitrogens is 1. The molecular formula is C12H18N2O. The highest BCUT2D eigenvalue weighted by molar-refractivity contribution is 5.30. The van der Waals surface area contributed by atoms with Gasteiger partial charge in [-0.05, 0) is 36.3 Å². The Labute approximate surface area is 90.7 Å². The Morgan fingerprint density at radius 2 is 2.33 bits per heavy atom. The van der Waals surface area contributed by atoms with Crippen LogP contribution in [-0.2, 0) is 5.41 Å². The smallest absolute Gasteiger partial charge is 0.137 e. The van der Waals surface area contributed by atoms with Crippen molar-refractivity contribution >= 4 is 0 Å². The Morgan fingerprint density at radius 1 is 1.53 bits per heavy atom. The average Bonchev–Trinajstić information content (AvgIpc) is 2.60. The van der Waals surface area contributed by atoms with Gasteiger partial charge in [-0.2, -0.15) is 0 Å². The fourth-order valence-corrected chi connectivity index (χ4v) is 2.41. The van der Waals surface area contributed by atoms with Crippen LogP contribution in [0.15, 0.2) is 18.5 Å². The van der Waals surface area contributed by atoms with E-state index in [0.717, 1.165) is 25.0 Å². The Hall–Kier alpha value is -1.09. The minimum atomic E-state index is 0.182. The number of nitrogens with two attached hydrogens (primary N) is 1. The minimum Gasteiger partial charge on any atom is -0.495 e. The Balaban J connectivity index is 2.28. The van der Waals surface area contributed by atoms with Gasteiger partial charge in [0.25, 0.3) is 0 Å². The molecule has 1 aliphatic carbocycles. The van der Waals surface area contributed by atoms with Crippen molar-refractivity contribution in [3.8, 4) is 5.75 Å². The van der Waals surface area contributed by atoms with Crippen molar-refractivity contribution in [3.63, 3.8) is 0 Å². The summed E-state index contributed by atoms with van der Waals surface area (Å²) in [5.74, 6) is 0.828. The second kappa shape index (κ2) is 3.81. The molecule has 1 saturated carbocycles. The highest BCUT2D eigenvalue weighted by Gasteiger charge is 2.35. The first-order chi connectivity index (χ1) is 7.14. The third-order valence-electron chi connectivity index (χ3n) is 3.43.